The number of anilines is 1. The molecule has 3 N–H and O–H groups in total. The first kappa shape index (κ1) is 25.6. The number of amides is 2. The van der Waals surface area contributed by atoms with Gasteiger partial charge in [-0.15, -0.1) is 10.2 Å². The summed E-state index contributed by atoms with van der Waals surface area (Å²) < 4.78 is 28.2. The van der Waals surface area contributed by atoms with Gasteiger partial charge >= 0.3 is 0 Å². The second kappa shape index (κ2) is 10.6. The van der Waals surface area contributed by atoms with E-state index in [-0.39, 0.29) is 34.7 Å². The highest BCUT2D eigenvalue weighted by Crippen LogP contribution is 2.24. The molecule has 0 saturated carbocycles. The van der Waals surface area contributed by atoms with Crippen LogP contribution >= 0.6 is 15.9 Å². The minimum atomic E-state index is -2.79. The van der Waals surface area contributed by atoms with Gasteiger partial charge in [-0.2, -0.15) is 15.2 Å². The normalized spacial score (nSPS) is 10.9. The number of alkyl halides is 2. The minimum Gasteiger partial charge on any atom is -0.366 e. The van der Waals surface area contributed by atoms with Crippen molar-refractivity contribution in [1.29, 1.82) is 5.26 Å². The maximum absolute atomic E-state index is 13.2. The van der Waals surface area contributed by atoms with E-state index in [0.717, 1.165) is 14.7 Å². The number of hydrogen-bond donors (Lipinski definition) is 2. The topological polar surface area (TPSA) is 157 Å². The van der Waals surface area contributed by atoms with E-state index in [0.29, 0.717) is 11.4 Å². The molecule has 0 atom stereocenters. The Morgan fingerprint density at radius 1 is 1.19 bits per heavy atom. The summed E-state index contributed by atoms with van der Waals surface area (Å²) in [5.41, 5.74) is 6.75. The van der Waals surface area contributed by atoms with Crippen LogP contribution in [0.3, 0.4) is 0 Å². The maximum Gasteiger partial charge on any atom is 0.273 e. The monoisotopic (exact) mass is 569 g/mol. The summed E-state index contributed by atoms with van der Waals surface area (Å²) >= 11 is 3.35. The Hall–Kier alpha value is -4.51. The van der Waals surface area contributed by atoms with E-state index >= 15 is 0 Å². The van der Waals surface area contributed by atoms with E-state index in [1.54, 1.807) is 19.1 Å². The lowest BCUT2D eigenvalue weighted by Gasteiger charge is -2.13. The smallest absolute Gasteiger partial charge is 0.273 e. The van der Waals surface area contributed by atoms with Crippen molar-refractivity contribution in [2.45, 2.75) is 26.4 Å². The molecule has 14 heteroatoms. The van der Waals surface area contributed by atoms with Crippen LogP contribution in [0.1, 0.15) is 37.7 Å². The van der Waals surface area contributed by atoms with Gasteiger partial charge < -0.3 is 11.1 Å². The van der Waals surface area contributed by atoms with Crippen molar-refractivity contribution in [2.75, 3.05) is 5.32 Å². The fraction of sp³-hybridized carbons (Fsp3) is 0.174. The predicted octanol–water partition coefficient (Wildman–Crippen LogP) is 3.14. The number of nitrogens with two attached hydrogens (primary N) is 1. The molecular formula is C23H18BrF2N9O2. The summed E-state index contributed by atoms with van der Waals surface area (Å²) in [6.07, 6.45) is -2.79. The number of nitrogens with zero attached hydrogens (tertiary/aromatic N) is 7. The molecule has 2 heterocycles. The first-order chi connectivity index (χ1) is 17.6. The number of hydrogen-bond acceptors (Lipinski definition) is 7. The lowest BCUT2D eigenvalue weighted by molar-refractivity contribution is 0.0988. The van der Waals surface area contributed by atoms with Crippen LogP contribution in [0.25, 0.3) is 11.4 Å². The van der Waals surface area contributed by atoms with Gasteiger partial charge in [-0.1, -0.05) is 15.9 Å². The Balaban J connectivity index is 1.62. The van der Waals surface area contributed by atoms with Gasteiger partial charge in [-0.05, 0) is 60.2 Å². The van der Waals surface area contributed by atoms with Crippen molar-refractivity contribution in [3.05, 3.63) is 75.0 Å². The Labute approximate surface area is 217 Å². The van der Waals surface area contributed by atoms with Gasteiger partial charge in [0.2, 0.25) is 5.82 Å². The van der Waals surface area contributed by atoms with Crippen molar-refractivity contribution in [1.82, 2.24) is 30.0 Å². The molecule has 0 spiro atoms. The summed E-state index contributed by atoms with van der Waals surface area (Å²) in [6, 6.07) is 13.2. The Morgan fingerprint density at radius 2 is 1.92 bits per heavy atom. The fourth-order valence-electron chi connectivity index (χ4n) is 3.56. The fourth-order valence-corrected chi connectivity index (χ4v) is 3.82. The number of nitrogens with one attached hydrogen (secondary N) is 1. The molecule has 11 nitrogen and oxygen atoms in total. The van der Waals surface area contributed by atoms with Crippen molar-refractivity contribution in [3.63, 3.8) is 0 Å². The van der Waals surface area contributed by atoms with E-state index in [1.165, 1.54) is 23.0 Å². The summed E-state index contributed by atoms with van der Waals surface area (Å²) in [6.45, 7) is 0.694. The molecule has 0 aliphatic rings. The molecule has 37 heavy (non-hydrogen) atoms. The first-order valence-electron chi connectivity index (χ1n) is 10.7. The summed E-state index contributed by atoms with van der Waals surface area (Å²) in [5, 5.41) is 28.1. The molecule has 4 aromatic rings. The standard InChI is InChI=1S/C23H18BrF2N9O2/c1-12-6-13(9-27)7-17(21(28)36)20(12)29-23(37)18-8-16(31-34(18)11-19(25)26)10-35-32-22(30-33-35)14-2-4-15(24)5-3-14/h2-8,19H,10-11H2,1H3,(H2,28,36)(H,29,37). The second-order valence-corrected chi connectivity index (χ2v) is 8.81. The van der Waals surface area contributed by atoms with E-state index < -0.39 is 24.8 Å². The molecular weight excluding hydrogens is 552 g/mol. The zero-order valence-electron chi connectivity index (χ0n) is 19.2. The predicted molar refractivity (Wildman–Crippen MR) is 131 cm³/mol. The average Bonchev–Trinajstić information content (AvgIpc) is 3.47. The van der Waals surface area contributed by atoms with E-state index in [9.17, 15) is 18.4 Å². The van der Waals surface area contributed by atoms with Crippen LogP contribution in [-0.4, -0.2) is 48.2 Å². The summed E-state index contributed by atoms with van der Waals surface area (Å²) in [5.74, 6) is -1.30. The highest BCUT2D eigenvalue weighted by Gasteiger charge is 2.22. The summed E-state index contributed by atoms with van der Waals surface area (Å²) in [4.78, 5) is 26.2. The van der Waals surface area contributed by atoms with E-state index in [1.807, 2.05) is 18.2 Å². The molecule has 0 fully saturated rings. The zero-order valence-corrected chi connectivity index (χ0v) is 20.8. The van der Waals surface area contributed by atoms with Crippen LogP contribution in [-0.2, 0) is 13.1 Å². The van der Waals surface area contributed by atoms with Crippen LogP contribution in [0.5, 0.6) is 0 Å². The molecule has 0 aliphatic heterocycles. The number of primary amides is 1. The molecule has 0 saturated heterocycles. The first-order valence-corrected chi connectivity index (χ1v) is 11.5. The zero-order chi connectivity index (χ0) is 26.7. The van der Waals surface area contributed by atoms with Gasteiger partial charge in [-0.3, -0.25) is 14.3 Å². The number of carbonyl (C=O) groups excluding carboxylic acids is 2. The number of rotatable bonds is 8. The van der Waals surface area contributed by atoms with Crippen molar-refractivity contribution in [3.8, 4) is 17.5 Å². The van der Waals surface area contributed by atoms with Crippen molar-refractivity contribution < 1.29 is 18.4 Å². The molecule has 0 bridgehead atoms. The number of benzene rings is 2. The third kappa shape index (κ3) is 5.84. The van der Waals surface area contributed by atoms with Crippen LogP contribution in [0.15, 0.2) is 46.9 Å². The average molecular weight is 570 g/mol. The number of carbonyl (C=O) groups is 2. The van der Waals surface area contributed by atoms with E-state index in [2.05, 4.69) is 41.8 Å². The van der Waals surface area contributed by atoms with Crippen molar-refractivity contribution in [2.24, 2.45) is 5.73 Å². The molecule has 188 valence electrons. The SMILES string of the molecule is Cc1cc(C#N)cc(C(N)=O)c1NC(=O)c1cc(Cn2nnc(-c3ccc(Br)cc3)n2)nn1CC(F)F. The highest BCUT2D eigenvalue weighted by molar-refractivity contribution is 9.10. The van der Waals surface area contributed by atoms with Crippen LogP contribution < -0.4 is 11.1 Å². The number of nitriles is 1. The molecule has 2 amide bonds. The maximum atomic E-state index is 13.2. The molecule has 2 aromatic heterocycles. The number of aryl methyl sites for hydroxylation is 1. The van der Waals surface area contributed by atoms with Gasteiger partial charge in [0.1, 0.15) is 18.8 Å². The largest absolute Gasteiger partial charge is 0.366 e. The number of halogens is 3. The molecule has 0 unspecified atom stereocenters. The number of aromatic nitrogens is 6. The van der Waals surface area contributed by atoms with Gasteiger partial charge in [-0.25, -0.2) is 8.78 Å². The quantitative estimate of drug-likeness (QED) is 0.330. The summed E-state index contributed by atoms with van der Waals surface area (Å²) in [7, 11) is 0. The lowest BCUT2D eigenvalue weighted by atomic mass is 10.0. The van der Waals surface area contributed by atoms with E-state index in [4.69, 9.17) is 11.0 Å². The Kier molecular flexibility index (Phi) is 7.35. The molecule has 2 aromatic carbocycles. The van der Waals surface area contributed by atoms with Crippen molar-refractivity contribution >= 4 is 33.4 Å². The van der Waals surface area contributed by atoms with Crippen LogP contribution in [0.2, 0.25) is 0 Å². The Bertz CT molecular complexity index is 1520. The third-order valence-electron chi connectivity index (χ3n) is 5.20. The molecule has 4 rings (SSSR count). The lowest BCUT2D eigenvalue weighted by Crippen LogP contribution is -2.23. The van der Waals surface area contributed by atoms with Gasteiger partial charge in [0.25, 0.3) is 18.2 Å². The third-order valence-corrected chi connectivity index (χ3v) is 5.73. The van der Waals surface area contributed by atoms with Gasteiger partial charge in [0.05, 0.1) is 28.6 Å². The second-order valence-electron chi connectivity index (χ2n) is 7.89. The van der Waals surface area contributed by atoms with Gasteiger partial charge in [0, 0.05) is 10.0 Å². The molecule has 0 aliphatic carbocycles. The highest BCUT2D eigenvalue weighted by atomic mass is 79.9. The van der Waals surface area contributed by atoms with Gasteiger partial charge in [0.15, 0.2) is 0 Å². The Morgan fingerprint density at radius 3 is 2.57 bits per heavy atom. The van der Waals surface area contributed by atoms with Crippen LogP contribution in [0, 0.1) is 18.3 Å². The minimum absolute atomic E-state index is 0.0392. The van der Waals surface area contributed by atoms with Crippen LogP contribution in [0.4, 0.5) is 14.5 Å². The molecule has 0 radical (unpaired) electrons. The number of tetrazole rings is 1.